The average molecular weight is 466 g/mol. The van der Waals surface area contributed by atoms with Crippen LogP contribution in [0.15, 0.2) is 35.3 Å². The van der Waals surface area contributed by atoms with Crippen molar-refractivity contribution in [2.45, 2.75) is 39.3 Å². The fourth-order valence-corrected chi connectivity index (χ4v) is 3.54. The van der Waals surface area contributed by atoms with E-state index in [4.69, 9.17) is 15.5 Å². The number of pyridine rings is 2. The Bertz CT molecular complexity index is 1140. The Morgan fingerprint density at radius 3 is 2.79 bits per heavy atom. The number of aromatic nitrogens is 3. The van der Waals surface area contributed by atoms with Crippen LogP contribution in [0.1, 0.15) is 44.0 Å². The van der Waals surface area contributed by atoms with E-state index in [0.29, 0.717) is 24.6 Å². The Balaban J connectivity index is 1.89. The molecule has 1 atom stereocenters. The number of amides is 1. The maximum atomic E-state index is 12.4. The van der Waals surface area contributed by atoms with Crippen LogP contribution in [0.2, 0.25) is 0 Å². The lowest BCUT2D eigenvalue weighted by Gasteiger charge is -2.20. The van der Waals surface area contributed by atoms with E-state index in [2.05, 4.69) is 20.3 Å². The van der Waals surface area contributed by atoms with Crippen molar-refractivity contribution in [3.63, 3.8) is 0 Å². The maximum absolute atomic E-state index is 12.4. The number of H-pyrrole nitrogens is 1. The first kappa shape index (κ1) is 25.2. The standard InChI is InChI=1S/C25H35N7O2/c1-16(2)25(33)30-20(10-7-11-34-5)19-8-6-9-21(28-19)22-13-17-12-18(14-27-15-32(3)4)23(26)31-24(17)29-22/h6,8-9,12-13,15-16,20H,7,10-11,14H2,1-5H3,(H,30,33)(H3,26,29,31)/t20-/m0/s1. The summed E-state index contributed by atoms with van der Waals surface area (Å²) in [4.78, 5) is 31.4. The third-order valence-electron chi connectivity index (χ3n) is 5.38. The Kier molecular flexibility index (Phi) is 8.59. The second-order valence-corrected chi connectivity index (χ2v) is 8.87. The summed E-state index contributed by atoms with van der Waals surface area (Å²) in [5.74, 6) is 0.354. The minimum Gasteiger partial charge on any atom is -0.385 e. The van der Waals surface area contributed by atoms with Gasteiger partial charge in [0.25, 0.3) is 0 Å². The van der Waals surface area contributed by atoms with Crippen LogP contribution in [-0.2, 0) is 16.1 Å². The zero-order chi connectivity index (χ0) is 24.7. The molecule has 182 valence electrons. The van der Waals surface area contributed by atoms with Crippen molar-refractivity contribution >= 4 is 29.1 Å². The number of carbonyl (C=O) groups is 1. The maximum Gasteiger partial charge on any atom is 0.223 e. The number of carbonyl (C=O) groups excluding carboxylic acids is 1. The molecule has 3 aromatic rings. The zero-order valence-corrected chi connectivity index (χ0v) is 20.6. The van der Waals surface area contributed by atoms with Gasteiger partial charge in [0.05, 0.1) is 36.0 Å². The highest BCUT2D eigenvalue weighted by atomic mass is 16.5. The fourth-order valence-electron chi connectivity index (χ4n) is 3.54. The molecule has 9 heteroatoms. The van der Waals surface area contributed by atoms with Gasteiger partial charge in [0.1, 0.15) is 11.5 Å². The molecule has 3 rings (SSSR count). The number of aromatic amines is 1. The molecule has 0 unspecified atom stereocenters. The fraction of sp³-hybridized carbons (Fsp3) is 0.440. The van der Waals surface area contributed by atoms with Crippen molar-refractivity contribution in [2.75, 3.05) is 33.5 Å². The lowest BCUT2D eigenvalue weighted by Crippen LogP contribution is -2.32. The van der Waals surface area contributed by atoms with Crippen molar-refractivity contribution in [3.05, 3.63) is 41.6 Å². The first-order chi connectivity index (χ1) is 16.3. The van der Waals surface area contributed by atoms with Crippen LogP contribution in [0.25, 0.3) is 22.4 Å². The number of nitrogen functional groups attached to an aromatic ring is 1. The van der Waals surface area contributed by atoms with E-state index in [0.717, 1.165) is 40.9 Å². The smallest absolute Gasteiger partial charge is 0.223 e. The van der Waals surface area contributed by atoms with Crippen molar-refractivity contribution < 1.29 is 9.53 Å². The molecule has 3 heterocycles. The molecule has 0 aromatic carbocycles. The molecular formula is C25H35N7O2. The van der Waals surface area contributed by atoms with E-state index in [1.807, 2.05) is 63.2 Å². The van der Waals surface area contributed by atoms with E-state index >= 15 is 0 Å². The molecule has 9 nitrogen and oxygen atoms in total. The van der Waals surface area contributed by atoms with Crippen LogP contribution < -0.4 is 11.1 Å². The first-order valence-corrected chi connectivity index (χ1v) is 11.5. The second kappa shape index (κ2) is 11.6. The van der Waals surface area contributed by atoms with E-state index < -0.39 is 0 Å². The molecule has 1 amide bonds. The van der Waals surface area contributed by atoms with Crippen molar-refractivity contribution in [1.29, 1.82) is 0 Å². The summed E-state index contributed by atoms with van der Waals surface area (Å²) >= 11 is 0. The predicted octanol–water partition coefficient (Wildman–Crippen LogP) is 3.54. The lowest BCUT2D eigenvalue weighted by atomic mass is 10.0. The van der Waals surface area contributed by atoms with Gasteiger partial charge in [-0.1, -0.05) is 19.9 Å². The number of hydrogen-bond acceptors (Lipinski definition) is 6. The van der Waals surface area contributed by atoms with Gasteiger partial charge in [-0.2, -0.15) is 0 Å². The number of nitrogens with two attached hydrogens (primary N) is 1. The molecule has 0 aliphatic heterocycles. The summed E-state index contributed by atoms with van der Waals surface area (Å²) < 4.78 is 5.20. The molecule has 0 aliphatic carbocycles. The third-order valence-corrected chi connectivity index (χ3v) is 5.38. The Labute approximate surface area is 200 Å². The van der Waals surface area contributed by atoms with Crippen LogP contribution in [0.3, 0.4) is 0 Å². The molecule has 0 radical (unpaired) electrons. The van der Waals surface area contributed by atoms with E-state index in [1.54, 1.807) is 13.4 Å². The highest BCUT2D eigenvalue weighted by molar-refractivity contribution is 5.84. The van der Waals surface area contributed by atoms with Gasteiger partial charge < -0.3 is 25.7 Å². The zero-order valence-electron chi connectivity index (χ0n) is 20.6. The molecular weight excluding hydrogens is 430 g/mol. The highest BCUT2D eigenvalue weighted by Gasteiger charge is 2.19. The van der Waals surface area contributed by atoms with Crippen LogP contribution in [0.4, 0.5) is 5.82 Å². The second-order valence-electron chi connectivity index (χ2n) is 8.87. The van der Waals surface area contributed by atoms with Crippen LogP contribution in [0.5, 0.6) is 0 Å². The minimum absolute atomic E-state index is 0.00404. The summed E-state index contributed by atoms with van der Waals surface area (Å²) in [7, 11) is 5.52. The Hall–Kier alpha value is -3.46. The number of methoxy groups -OCH3 is 1. The average Bonchev–Trinajstić information content (AvgIpc) is 3.21. The van der Waals surface area contributed by atoms with Gasteiger partial charge in [-0.25, -0.2) is 9.97 Å². The number of ether oxygens (including phenoxy) is 1. The van der Waals surface area contributed by atoms with E-state index in [9.17, 15) is 4.79 Å². The highest BCUT2D eigenvalue weighted by Crippen LogP contribution is 2.27. The van der Waals surface area contributed by atoms with Crippen molar-refractivity contribution in [1.82, 2.24) is 25.2 Å². The number of rotatable bonds is 11. The molecule has 0 aliphatic rings. The van der Waals surface area contributed by atoms with E-state index in [1.165, 1.54) is 0 Å². The predicted molar refractivity (Wildman–Crippen MR) is 136 cm³/mol. The van der Waals surface area contributed by atoms with Gasteiger partial charge in [0.2, 0.25) is 5.91 Å². The van der Waals surface area contributed by atoms with Gasteiger partial charge in [0.15, 0.2) is 0 Å². The lowest BCUT2D eigenvalue weighted by molar-refractivity contribution is -0.124. The summed E-state index contributed by atoms with van der Waals surface area (Å²) in [6, 6.07) is 9.67. The molecule has 3 aromatic heterocycles. The largest absolute Gasteiger partial charge is 0.385 e. The summed E-state index contributed by atoms with van der Waals surface area (Å²) in [6.07, 6.45) is 3.31. The molecule has 0 bridgehead atoms. The normalized spacial score (nSPS) is 12.5. The van der Waals surface area contributed by atoms with Gasteiger partial charge in [-0.15, -0.1) is 0 Å². The summed E-state index contributed by atoms with van der Waals surface area (Å²) in [5, 5.41) is 4.07. The molecule has 0 saturated heterocycles. The number of hydrogen-bond donors (Lipinski definition) is 3. The number of fused-ring (bicyclic) bond motifs is 1. The van der Waals surface area contributed by atoms with Crippen molar-refractivity contribution in [2.24, 2.45) is 10.9 Å². The van der Waals surface area contributed by atoms with Crippen LogP contribution in [-0.4, -0.2) is 59.9 Å². The first-order valence-electron chi connectivity index (χ1n) is 11.5. The quantitative estimate of drug-likeness (QED) is 0.226. The number of nitrogens with zero attached hydrogens (tertiary/aromatic N) is 4. The van der Waals surface area contributed by atoms with Crippen LogP contribution >= 0.6 is 0 Å². The Morgan fingerprint density at radius 2 is 2.09 bits per heavy atom. The topological polar surface area (TPSA) is 122 Å². The summed E-state index contributed by atoms with van der Waals surface area (Å²) in [5.41, 5.74) is 10.2. The third kappa shape index (κ3) is 6.54. The monoisotopic (exact) mass is 465 g/mol. The minimum atomic E-state index is -0.190. The molecule has 34 heavy (non-hydrogen) atoms. The molecule has 0 saturated carbocycles. The van der Waals surface area contributed by atoms with Gasteiger partial charge >= 0.3 is 0 Å². The molecule has 0 spiro atoms. The summed E-state index contributed by atoms with van der Waals surface area (Å²) in [6.45, 7) is 4.85. The molecule has 0 fully saturated rings. The van der Waals surface area contributed by atoms with Crippen molar-refractivity contribution in [3.8, 4) is 11.4 Å². The Morgan fingerprint density at radius 1 is 1.29 bits per heavy atom. The molecule has 4 N–H and O–H groups in total. The van der Waals surface area contributed by atoms with Gasteiger partial charge in [0, 0.05) is 44.7 Å². The number of nitrogens with one attached hydrogen (secondary N) is 2. The number of aliphatic imine (C=N–C) groups is 1. The number of anilines is 1. The SMILES string of the molecule is COCCC[C@H](NC(=O)C(C)C)c1cccc(-c2cc3cc(CN=CN(C)C)c(N)nc3[nH]2)n1. The van der Waals surface area contributed by atoms with E-state index in [-0.39, 0.29) is 17.9 Å². The van der Waals surface area contributed by atoms with Gasteiger partial charge in [-0.05, 0) is 37.1 Å². The van der Waals surface area contributed by atoms with Gasteiger partial charge in [-0.3, -0.25) is 9.79 Å². The van der Waals surface area contributed by atoms with Crippen LogP contribution in [0, 0.1) is 5.92 Å².